The van der Waals surface area contributed by atoms with E-state index in [9.17, 15) is 18.4 Å². The van der Waals surface area contributed by atoms with Crippen LogP contribution in [0.3, 0.4) is 0 Å². The fourth-order valence-corrected chi connectivity index (χ4v) is 2.66. The fraction of sp³-hybridized carbons (Fsp3) is 0.0625. The van der Waals surface area contributed by atoms with Gasteiger partial charge in [-0.2, -0.15) is 0 Å². The Bertz CT molecular complexity index is 949. The first-order valence-corrected chi connectivity index (χ1v) is 8.17. The number of nitrogens with one attached hydrogen (secondary N) is 2. The van der Waals surface area contributed by atoms with Crippen LogP contribution in [-0.4, -0.2) is 26.8 Å². The molecule has 2 heterocycles. The second kappa shape index (κ2) is 7.74. The fourth-order valence-electron chi connectivity index (χ4n) is 1.96. The van der Waals surface area contributed by atoms with Gasteiger partial charge in [0.25, 0.3) is 5.91 Å². The molecule has 0 radical (unpaired) electrons. The molecule has 0 aliphatic carbocycles. The van der Waals surface area contributed by atoms with Gasteiger partial charge in [0.1, 0.15) is 0 Å². The number of carbonyl (C=O) groups is 2. The van der Waals surface area contributed by atoms with Crippen molar-refractivity contribution in [2.75, 3.05) is 10.6 Å². The molecule has 0 atom stereocenters. The second-order valence-corrected chi connectivity index (χ2v) is 5.88. The summed E-state index contributed by atoms with van der Waals surface area (Å²) < 4.78 is 26.0. The number of carbonyl (C=O) groups excluding carboxylic acids is 2. The maximum atomic E-state index is 13.1. The first-order valence-electron chi connectivity index (χ1n) is 7.29. The molecule has 3 rings (SSSR count). The Labute approximate surface area is 150 Å². The van der Waals surface area contributed by atoms with Crippen LogP contribution in [0, 0.1) is 11.6 Å². The zero-order chi connectivity index (χ0) is 18.5. The van der Waals surface area contributed by atoms with Gasteiger partial charge in [0, 0.05) is 29.5 Å². The molecule has 0 saturated heterocycles. The molecule has 0 saturated carbocycles. The topological polar surface area (TPSA) is 96.9 Å². The van der Waals surface area contributed by atoms with E-state index in [1.54, 1.807) is 11.4 Å². The predicted molar refractivity (Wildman–Crippen MR) is 90.8 cm³/mol. The van der Waals surface area contributed by atoms with Crippen LogP contribution in [0.4, 0.5) is 19.6 Å². The quantitative estimate of drug-likeness (QED) is 0.715. The van der Waals surface area contributed by atoms with Gasteiger partial charge < -0.3 is 5.32 Å². The summed E-state index contributed by atoms with van der Waals surface area (Å²) in [6.45, 7) is 0. The molecule has 0 bridgehead atoms. The van der Waals surface area contributed by atoms with Crippen LogP contribution in [0.1, 0.15) is 16.3 Å². The summed E-state index contributed by atoms with van der Waals surface area (Å²) >= 11 is 1.14. The van der Waals surface area contributed by atoms with E-state index in [0.29, 0.717) is 5.69 Å². The molecule has 0 aliphatic heterocycles. The molecule has 2 aromatic heterocycles. The van der Waals surface area contributed by atoms with Crippen LogP contribution in [-0.2, 0) is 11.2 Å². The Morgan fingerprint density at radius 1 is 1.08 bits per heavy atom. The van der Waals surface area contributed by atoms with E-state index in [-0.39, 0.29) is 23.1 Å². The molecule has 0 unspecified atom stereocenters. The van der Waals surface area contributed by atoms with Gasteiger partial charge in [-0.1, -0.05) is 0 Å². The molecule has 3 aromatic rings. The monoisotopic (exact) mass is 375 g/mol. The number of hydrogen-bond acceptors (Lipinski definition) is 6. The van der Waals surface area contributed by atoms with Crippen molar-refractivity contribution in [2.24, 2.45) is 0 Å². The van der Waals surface area contributed by atoms with Crippen molar-refractivity contribution in [1.82, 2.24) is 15.0 Å². The summed E-state index contributed by atoms with van der Waals surface area (Å²) in [4.78, 5) is 35.7. The lowest BCUT2D eigenvalue weighted by Gasteiger charge is -2.04. The van der Waals surface area contributed by atoms with Gasteiger partial charge in [-0.15, -0.1) is 11.3 Å². The zero-order valence-corrected chi connectivity index (χ0v) is 13.9. The molecule has 7 nitrogen and oxygen atoms in total. The van der Waals surface area contributed by atoms with E-state index in [2.05, 4.69) is 25.6 Å². The lowest BCUT2D eigenvalue weighted by molar-refractivity contribution is -0.115. The molecular formula is C16H11F2N5O2S. The third kappa shape index (κ3) is 4.42. The van der Waals surface area contributed by atoms with Crippen molar-refractivity contribution in [3.8, 4) is 0 Å². The van der Waals surface area contributed by atoms with E-state index in [0.717, 1.165) is 23.5 Å². The Hall–Kier alpha value is -3.27. The Balaban J connectivity index is 1.58. The number of rotatable bonds is 5. The molecule has 0 aliphatic rings. The van der Waals surface area contributed by atoms with Gasteiger partial charge in [0.05, 0.1) is 12.1 Å². The molecule has 10 heteroatoms. The highest BCUT2D eigenvalue weighted by Gasteiger charge is 2.13. The highest BCUT2D eigenvalue weighted by atomic mass is 32.1. The number of benzene rings is 1. The van der Waals surface area contributed by atoms with Gasteiger partial charge in [-0.3, -0.25) is 14.9 Å². The number of thiazole rings is 1. The van der Waals surface area contributed by atoms with Gasteiger partial charge in [-0.05, 0) is 18.2 Å². The van der Waals surface area contributed by atoms with Crippen molar-refractivity contribution in [1.29, 1.82) is 0 Å². The van der Waals surface area contributed by atoms with E-state index < -0.39 is 23.4 Å². The summed E-state index contributed by atoms with van der Waals surface area (Å²) in [5.74, 6) is -3.02. The van der Waals surface area contributed by atoms with E-state index in [4.69, 9.17) is 0 Å². The van der Waals surface area contributed by atoms with Gasteiger partial charge in [-0.25, -0.2) is 23.7 Å². The average molecular weight is 375 g/mol. The molecule has 132 valence electrons. The maximum Gasteiger partial charge on any atom is 0.295 e. The Kier molecular flexibility index (Phi) is 5.23. The van der Waals surface area contributed by atoms with Crippen LogP contribution in [0.25, 0.3) is 0 Å². The third-order valence-electron chi connectivity index (χ3n) is 3.09. The standard InChI is InChI=1S/C16H11F2N5O2S/c17-11-3-2-9(6-12(11)18)21-13(24)7-10-8-26-16(22-10)23-15(25)14-19-4-1-5-20-14/h1-6,8H,7H2,(H,21,24)(H,22,23,25). The van der Waals surface area contributed by atoms with Crippen LogP contribution in [0.5, 0.6) is 0 Å². The first kappa shape index (κ1) is 17.5. The highest BCUT2D eigenvalue weighted by molar-refractivity contribution is 7.14. The number of hydrogen-bond donors (Lipinski definition) is 2. The number of amides is 2. The molecule has 26 heavy (non-hydrogen) atoms. The van der Waals surface area contributed by atoms with Crippen molar-refractivity contribution in [3.05, 3.63) is 65.2 Å². The number of halogens is 2. The molecular weight excluding hydrogens is 364 g/mol. The van der Waals surface area contributed by atoms with Crippen molar-refractivity contribution in [2.45, 2.75) is 6.42 Å². The summed E-state index contributed by atoms with van der Waals surface area (Å²) in [5.41, 5.74) is 0.554. The molecule has 0 fully saturated rings. The van der Waals surface area contributed by atoms with Crippen LogP contribution in [0.15, 0.2) is 42.0 Å². The number of nitrogens with zero attached hydrogens (tertiary/aromatic N) is 3. The van der Waals surface area contributed by atoms with Gasteiger partial charge in [0.15, 0.2) is 16.8 Å². The van der Waals surface area contributed by atoms with E-state index >= 15 is 0 Å². The summed E-state index contributed by atoms with van der Waals surface area (Å²) in [6.07, 6.45) is 2.79. The van der Waals surface area contributed by atoms with Crippen LogP contribution >= 0.6 is 11.3 Å². The average Bonchev–Trinajstić information content (AvgIpc) is 3.05. The molecule has 1 aromatic carbocycles. The molecule has 2 amide bonds. The third-order valence-corrected chi connectivity index (χ3v) is 3.89. The number of aromatic nitrogens is 3. The number of anilines is 2. The van der Waals surface area contributed by atoms with Crippen molar-refractivity contribution < 1.29 is 18.4 Å². The smallest absolute Gasteiger partial charge is 0.295 e. The van der Waals surface area contributed by atoms with Crippen LogP contribution < -0.4 is 10.6 Å². The van der Waals surface area contributed by atoms with Crippen LogP contribution in [0.2, 0.25) is 0 Å². The Morgan fingerprint density at radius 2 is 1.85 bits per heavy atom. The predicted octanol–water partition coefficient (Wildman–Crippen LogP) is 2.64. The highest BCUT2D eigenvalue weighted by Crippen LogP contribution is 2.17. The first-order chi connectivity index (χ1) is 12.5. The SMILES string of the molecule is O=C(Cc1csc(NC(=O)c2ncccn2)n1)Nc1ccc(F)c(F)c1. The summed E-state index contributed by atoms with van der Waals surface area (Å²) in [6, 6.07) is 4.65. The normalized spacial score (nSPS) is 10.4. The van der Waals surface area contributed by atoms with Gasteiger partial charge in [0.2, 0.25) is 11.7 Å². The molecule has 0 spiro atoms. The summed E-state index contributed by atoms with van der Waals surface area (Å²) in [7, 11) is 0. The lowest BCUT2D eigenvalue weighted by Crippen LogP contribution is -2.16. The second-order valence-electron chi connectivity index (χ2n) is 5.02. The maximum absolute atomic E-state index is 13.1. The lowest BCUT2D eigenvalue weighted by atomic mass is 10.2. The van der Waals surface area contributed by atoms with Crippen molar-refractivity contribution >= 4 is 34.0 Å². The van der Waals surface area contributed by atoms with E-state index in [1.165, 1.54) is 18.5 Å². The zero-order valence-electron chi connectivity index (χ0n) is 13.1. The van der Waals surface area contributed by atoms with Gasteiger partial charge >= 0.3 is 0 Å². The summed E-state index contributed by atoms with van der Waals surface area (Å²) in [5, 5.41) is 6.88. The largest absolute Gasteiger partial charge is 0.326 e. The molecule has 2 N–H and O–H groups in total. The minimum absolute atomic E-state index is 0.000305. The minimum atomic E-state index is -1.05. The Morgan fingerprint density at radius 3 is 2.58 bits per heavy atom. The minimum Gasteiger partial charge on any atom is -0.326 e. The van der Waals surface area contributed by atoms with Crippen molar-refractivity contribution in [3.63, 3.8) is 0 Å². The van der Waals surface area contributed by atoms with E-state index in [1.807, 2.05) is 0 Å².